The van der Waals surface area contributed by atoms with Crippen molar-refractivity contribution >= 4 is 6.09 Å². The van der Waals surface area contributed by atoms with E-state index in [1.165, 1.54) is 4.90 Å². The van der Waals surface area contributed by atoms with Gasteiger partial charge in [0.05, 0.1) is 18.2 Å². The third kappa shape index (κ3) is 3.73. The Morgan fingerprint density at radius 2 is 2.05 bits per heavy atom. The number of aliphatic hydroxyl groups is 1. The van der Waals surface area contributed by atoms with E-state index in [-0.39, 0.29) is 6.61 Å². The summed E-state index contributed by atoms with van der Waals surface area (Å²) in [6, 6.07) is -0.467. The zero-order valence-electron chi connectivity index (χ0n) is 13.4. The Kier molecular flexibility index (Phi) is 4.56. The van der Waals surface area contributed by atoms with E-state index < -0.39 is 29.1 Å². The van der Waals surface area contributed by atoms with Gasteiger partial charge in [-0.3, -0.25) is 4.90 Å². The molecule has 1 amide bonds. The van der Waals surface area contributed by atoms with Gasteiger partial charge >= 0.3 is 6.09 Å². The SMILES string of the molecule is C=CCC(C)(O)C1COC(C)(C)N1C(=O)OC(C)(C)C. The van der Waals surface area contributed by atoms with Crippen molar-refractivity contribution in [2.24, 2.45) is 0 Å². The molecule has 0 bridgehead atoms. The second kappa shape index (κ2) is 5.37. The fraction of sp³-hybridized carbons (Fsp3) is 0.800. The maximum atomic E-state index is 12.4. The standard InChI is InChI=1S/C15H27NO4/c1-8-9-15(7,18)11-10-19-14(5,6)16(11)12(17)20-13(2,3)4/h8,11,18H,1,9-10H2,2-7H3. The van der Waals surface area contributed by atoms with Gasteiger partial charge in [-0.15, -0.1) is 6.58 Å². The maximum Gasteiger partial charge on any atom is 0.413 e. The van der Waals surface area contributed by atoms with Gasteiger partial charge in [0, 0.05) is 0 Å². The smallest absolute Gasteiger partial charge is 0.413 e. The number of nitrogens with zero attached hydrogens (tertiary/aromatic N) is 1. The first kappa shape index (κ1) is 17.0. The topological polar surface area (TPSA) is 59.0 Å². The average Bonchev–Trinajstić information content (AvgIpc) is 2.51. The summed E-state index contributed by atoms with van der Waals surface area (Å²) >= 11 is 0. The number of carbonyl (C=O) groups excluding carboxylic acids is 1. The monoisotopic (exact) mass is 285 g/mol. The highest BCUT2D eigenvalue weighted by Gasteiger charge is 2.51. The Bertz CT molecular complexity index is 382. The minimum Gasteiger partial charge on any atom is -0.444 e. The van der Waals surface area contributed by atoms with Gasteiger partial charge in [-0.25, -0.2) is 4.79 Å². The number of amides is 1. The summed E-state index contributed by atoms with van der Waals surface area (Å²) in [7, 11) is 0. The third-order valence-electron chi connectivity index (χ3n) is 3.35. The van der Waals surface area contributed by atoms with E-state index in [4.69, 9.17) is 9.47 Å². The Balaban J connectivity index is 3.02. The van der Waals surface area contributed by atoms with Crippen molar-refractivity contribution < 1.29 is 19.4 Å². The summed E-state index contributed by atoms with van der Waals surface area (Å²) in [5.41, 5.74) is -2.50. The van der Waals surface area contributed by atoms with Gasteiger partial charge in [0.25, 0.3) is 0 Å². The fourth-order valence-electron chi connectivity index (χ4n) is 2.35. The number of ether oxygens (including phenoxy) is 2. The van der Waals surface area contributed by atoms with E-state index in [2.05, 4.69) is 6.58 Å². The highest BCUT2D eigenvalue weighted by atomic mass is 16.6. The molecule has 2 unspecified atom stereocenters. The summed E-state index contributed by atoms with van der Waals surface area (Å²) in [6.45, 7) is 14.6. The normalized spacial score (nSPS) is 25.1. The van der Waals surface area contributed by atoms with Gasteiger partial charge in [-0.05, 0) is 48.0 Å². The lowest BCUT2D eigenvalue weighted by Crippen LogP contribution is -2.57. The molecule has 1 saturated heterocycles. The van der Waals surface area contributed by atoms with E-state index >= 15 is 0 Å². The van der Waals surface area contributed by atoms with Crippen molar-refractivity contribution in [3.8, 4) is 0 Å². The molecule has 1 N–H and O–H groups in total. The number of hydrogen-bond acceptors (Lipinski definition) is 4. The van der Waals surface area contributed by atoms with Crippen molar-refractivity contribution in [1.82, 2.24) is 4.90 Å². The van der Waals surface area contributed by atoms with E-state index in [0.717, 1.165) is 0 Å². The first-order valence-electron chi connectivity index (χ1n) is 6.90. The molecule has 5 nitrogen and oxygen atoms in total. The molecule has 0 aliphatic carbocycles. The largest absolute Gasteiger partial charge is 0.444 e. The van der Waals surface area contributed by atoms with Gasteiger partial charge in [0.1, 0.15) is 11.3 Å². The Morgan fingerprint density at radius 3 is 2.50 bits per heavy atom. The number of rotatable bonds is 3. The van der Waals surface area contributed by atoms with Crippen LogP contribution in [0, 0.1) is 0 Å². The number of hydrogen-bond donors (Lipinski definition) is 1. The quantitative estimate of drug-likeness (QED) is 0.810. The number of carbonyl (C=O) groups is 1. The van der Waals surface area contributed by atoms with Crippen molar-refractivity contribution in [3.63, 3.8) is 0 Å². The van der Waals surface area contributed by atoms with Crippen LogP contribution in [0.1, 0.15) is 48.0 Å². The molecule has 0 saturated carbocycles. The Labute approximate surface area is 121 Å². The predicted octanol–water partition coefficient (Wildman–Crippen LogP) is 2.69. The molecular weight excluding hydrogens is 258 g/mol. The molecule has 1 aliphatic heterocycles. The average molecular weight is 285 g/mol. The second-order valence-electron chi connectivity index (χ2n) is 6.97. The molecule has 1 rings (SSSR count). The van der Waals surface area contributed by atoms with Crippen LogP contribution in [0.2, 0.25) is 0 Å². The van der Waals surface area contributed by atoms with Gasteiger partial charge in [0.15, 0.2) is 0 Å². The fourth-order valence-corrected chi connectivity index (χ4v) is 2.35. The van der Waals surface area contributed by atoms with E-state index in [1.54, 1.807) is 26.8 Å². The minimum atomic E-state index is -1.10. The Hall–Kier alpha value is -1.07. The molecule has 1 heterocycles. The van der Waals surface area contributed by atoms with Crippen LogP contribution >= 0.6 is 0 Å². The van der Waals surface area contributed by atoms with Crippen LogP contribution in [0.15, 0.2) is 12.7 Å². The van der Waals surface area contributed by atoms with E-state index in [0.29, 0.717) is 6.42 Å². The molecule has 1 fully saturated rings. The van der Waals surface area contributed by atoms with Gasteiger partial charge < -0.3 is 14.6 Å². The third-order valence-corrected chi connectivity index (χ3v) is 3.35. The van der Waals surface area contributed by atoms with Crippen LogP contribution < -0.4 is 0 Å². The molecule has 1 aliphatic rings. The highest BCUT2D eigenvalue weighted by Crippen LogP contribution is 2.35. The van der Waals surface area contributed by atoms with Crippen LogP contribution in [0.25, 0.3) is 0 Å². The maximum absolute atomic E-state index is 12.4. The molecule has 0 radical (unpaired) electrons. The van der Waals surface area contributed by atoms with Crippen LogP contribution in [0.4, 0.5) is 4.79 Å². The Morgan fingerprint density at radius 1 is 1.50 bits per heavy atom. The summed E-state index contributed by atoms with van der Waals surface area (Å²) in [4.78, 5) is 13.9. The van der Waals surface area contributed by atoms with Crippen LogP contribution in [-0.2, 0) is 9.47 Å². The van der Waals surface area contributed by atoms with Crippen LogP contribution in [0.3, 0.4) is 0 Å². The molecule has 116 valence electrons. The lowest BCUT2D eigenvalue weighted by Gasteiger charge is -2.40. The molecule has 0 aromatic carbocycles. The van der Waals surface area contributed by atoms with Gasteiger partial charge in [-0.2, -0.15) is 0 Å². The summed E-state index contributed by atoms with van der Waals surface area (Å²) < 4.78 is 11.1. The summed E-state index contributed by atoms with van der Waals surface area (Å²) in [5, 5.41) is 10.6. The molecule has 5 heteroatoms. The predicted molar refractivity (Wildman–Crippen MR) is 77.3 cm³/mol. The summed E-state index contributed by atoms with van der Waals surface area (Å²) in [6.07, 6.45) is 1.53. The molecule has 0 aromatic rings. The van der Waals surface area contributed by atoms with Crippen molar-refractivity contribution in [2.75, 3.05) is 6.61 Å². The minimum absolute atomic E-state index is 0.271. The second-order valence-corrected chi connectivity index (χ2v) is 6.97. The van der Waals surface area contributed by atoms with Crippen molar-refractivity contribution in [3.05, 3.63) is 12.7 Å². The zero-order chi connectivity index (χ0) is 15.8. The van der Waals surface area contributed by atoms with Crippen molar-refractivity contribution in [2.45, 2.75) is 70.9 Å². The van der Waals surface area contributed by atoms with Gasteiger partial charge in [0.2, 0.25) is 0 Å². The molecule has 2 atom stereocenters. The first-order valence-corrected chi connectivity index (χ1v) is 6.90. The zero-order valence-corrected chi connectivity index (χ0v) is 13.4. The van der Waals surface area contributed by atoms with Crippen LogP contribution in [-0.4, -0.2) is 45.7 Å². The molecule has 0 aromatic heterocycles. The lowest BCUT2D eigenvalue weighted by atomic mass is 9.92. The van der Waals surface area contributed by atoms with Crippen molar-refractivity contribution in [1.29, 1.82) is 0 Å². The van der Waals surface area contributed by atoms with Crippen LogP contribution in [0.5, 0.6) is 0 Å². The highest BCUT2D eigenvalue weighted by molar-refractivity contribution is 5.70. The molecule has 0 spiro atoms. The molecule has 20 heavy (non-hydrogen) atoms. The lowest BCUT2D eigenvalue weighted by molar-refractivity contribution is -0.0781. The molecular formula is C15H27NO4. The first-order chi connectivity index (χ1) is 8.91. The van der Waals surface area contributed by atoms with E-state index in [9.17, 15) is 9.90 Å². The van der Waals surface area contributed by atoms with Gasteiger partial charge in [-0.1, -0.05) is 6.08 Å². The summed E-state index contributed by atoms with van der Waals surface area (Å²) in [5.74, 6) is 0. The van der Waals surface area contributed by atoms with E-state index in [1.807, 2.05) is 20.8 Å².